The van der Waals surface area contributed by atoms with E-state index >= 15 is 0 Å². The number of anilines is 3. The van der Waals surface area contributed by atoms with Gasteiger partial charge >= 0.3 is 0 Å². The molecular weight excluding hydrogens is 266 g/mol. The van der Waals surface area contributed by atoms with E-state index in [4.69, 9.17) is 5.73 Å². The van der Waals surface area contributed by atoms with E-state index in [2.05, 4.69) is 39.2 Å². The van der Waals surface area contributed by atoms with Crippen molar-refractivity contribution in [3.8, 4) is 0 Å². The maximum atomic E-state index is 5.62. The Morgan fingerprint density at radius 2 is 2.06 bits per heavy atom. The summed E-state index contributed by atoms with van der Waals surface area (Å²) in [5.41, 5.74) is 8.79. The molecule has 1 aromatic carbocycles. The van der Waals surface area contributed by atoms with Gasteiger partial charge in [0.1, 0.15) is 5.82 Å². The minimum absolute atomic E-state index is 0.514. The van der Waals surface area contributed by atoms with Crippen molar-refractivity contribution in [3.05, 3.63) is 46.6 Å². The van der Waals surface area contributed by atoms with Crippen LogP contribution in [-0.2, 0) is 0 Å². The molecule has 0 radical (unpaired) electrons. The summed E-state index contributed by atoms with van der Waals surface area (Å²) in [5, 5.41) is 3.30. The number of hydrogen-bond donors (Lipinski definition) is 2. The maximum Gasteiger partial charge on any atom is 0.125 e. The van der Waals surface area contributed by atoms with Gasteiger partial charge in [-0.15, -0.1) is 0 Å². The molecule has 0 spiro atoms. The highest BCUT2D eigenvalue weighted by atomic mass is 79.9. The van der Waals surface area contributed by atoms with Crippen molar-refractivity contribution in [2.75, 3.05) is 11.1 Å². The van der Waals surface area contributed by atoms with E-state index in [0.29, 0.717) is 5.82 Å². The topological polar surface area (TPSA) is 50.9 Å². The van der Waals surface area contributed by atoms with E-state index in [1.807, 2.05) is 24.3 Å². The van der Waals surface area contributed by atoms with Crippen LogP contribution in [0.4, 0.5) is 17.2 Å². The lowest BCUT2D eigenvalue weighted by molar-refractivity contribution is 1.33. The predicted octanol–water partition coefficient (Wildman–Crippen LogP) is 3.48. The zero-order valence-corrected chi connectivity index (χ0v) is 10.5. The number of nitrogens with two attached hydrogens (primary N) is 1. The molecule has 1 aromatic heterocycles. The second kappa shape index (κ2) is 4.53. The normalized spacial score (nSPS) is 10.1. The third-order valence-corrected chi connectivity index (χ3v) is 2.74. The summed E-state index contributed by atoms with van der Waals surface area (Å²) in [7, 11) is 0. The number of hydrogen-bond acceptors (Lipinski definition) is 3. The standard InChI is InChI=1S/C12H12BrN3/c1-8-6-9(13)2-3-11(8)16-10-4-5-15-12(14)7-10/h2-7H,1H3,(H3,14,15,16). The molecule has 0 saturated carbocycles. The van der Waals surface area contributed by atoms with Gasteiger partial charge in [0.15, 0.2) is 0 Å². The summed E-state index contributed by atoms with van der Waals surface area (Å²) in [6.45, 7) is 2.05. The zero-order chi connectivity index (χ0) is 11.5. The number of halogens is 1. The molecule has 0 aliphatic rings. The Morgan fingerprint density at radius 3 is 2.75 bits per heavy atom. The molecule has 82 valence electrons. The minimum atomic E-state index is 0.514. The monoisotopic (exact) mass is 277 g/mol. The van der Waals surface area contributed by atoms with Gasteiger partial charge in [-0.1, -0.05) is 15.9 Å². The molecule has 1 heterocycles. The predicted molar refractivity (Wildman–Crippen MR) is 70.8 cm³/mol. The number of nitrogens with zero attached hydrogens (tertiary/aromatic N) is 1. The second-order valence-electron chi connectivity index (χ2n) is 3.55. The van der Waals surface area contributed by atoms with Crippen molar-refractivity contribution < 1.29 is 0 Å². The van der Waals surface area contributed by atoms with Crippen LogP contribution in [0.2, 0.25) is 0 Å². The van der Waals surface area contributed by atoms with Crippen LogP contribution in [0.25, 0.3) is 0 Å². The van der Waals surface area contributed by atoms with Crippen LogP contribution in [0, 0.1) is 6.92 Å². The lowest BCUT2D eigenvalue weighted by Crippen LogP contribution is -1.95. The quantitative estimate of drug-likeness (QED) is 0.884. The van der Waals surface area contributed by atoms with E-state index in [-0.39, 0.29) is 0 Å². The lowest BCUT2D eigenvalue weighted by Gasteiger charge is -2.09. The van der Waals surface area contributed by atoms with Gasteiger partial charge in [0, 0.05) is 28.1 Å². The fourth-order valence-electron chi connectivity index (χ4n) is 1.45. The SMILES string of the molecule is Cc1cc(Br)ccc1Nc1ccnc(N)c1. The van der Waals surface area contributed by atoms with Crippen LogP contribution in [0.3, 0.4) is 0 Å². The fourth-order valence-corrected chi connectivity index (χ4v) is 1.92. The van der Waals surface area contributed by atoms with Crippen molar-refractivity contribution in [2.24, 2.45) is 0 Å². The average molecular weight is 278 g/mol. The van der Waals surface area contributed by atoms with E-state index < -0.39 is 0 Å². The van der Waals surface area contributed by atoms with Crippen LogP contribution in [-0.4, -0.2) is 4.98 Å². The molecule has 0 aliphatic carbocycles. The lowest BCUT2D eigenvalue weighted by atomic mass is 10.2. The summed E-state index contributed by atoms with van der Waals surface area (Å²) >= 11 is 3.44. The van der Waals surface area contributed by atoms with Gasteiger partial charge in [0.2, 0.25) is 0 Å². The van der Waals surface area contributed by atoms with Gasteiger partial charge < -0.3 is 11.1 Å². The average Bonchev–Trinajstić information content (AvgIpc) is 2.22. The molecule has 3 nitrogen and oxygen atoms in total. The molecule has 0 unspecified atom stereocenters. The van der Waals surface area contributed by atoms with Gasteiger partial charge in [0.25, 0.3) is 0 Å². The first-order chi connectivity index (χ1) is 7.65. The highest BCUT2D eigenvalue weighted by Gasteiger charge is 2.00. The Balaban J connectivity index is 2.27. The molecule has 0 atom stereocenters. The molecule has 2 rings (SSSR count). The van der Waals surface area contributed by atoms with Gasteiger partial charge in [-0.3, -0.25) is 0 Å². The Bertz CT molecular complexity index is 511. The van der Waals surface area contributed by atoms with Crippen LogP contribution in [0.5, 0.6) is 0 Å². The number of benzene rings is 1. The number of nitrogens with one attached hydrogen (secondary N) is 1. The van der Waals surface area contributed by atoms with Crippen molar-refractivity contribution >= 4 is 33.1 Å². The molecule has 4 heteroatoms. The summed E-state index contributed by atoms with van der Waals surface area (Å²) in [6.07, 6.45) is 1.69. The Hall–Kier alpha value is -1.55. The molecular formula is C12H12BrN3. The first-order valence-electron chi connectivity index (χ1n) is 4.90. The van der Waals surface area contributed by atoms with Crippen molar-refractivity contribution in [1.82, 2.24) is 4.98 Å². The molecule has 16 heavy (non-hydrogen) atoms. The van der Waals surface area contributed by atoms with Gasteiger partial charge in [-0.2, -0.15) is 0 Å². The smallest absolute Gasteiger partial charge is 0.125 e. The molecule has 0 saturated heterocycles. The summed E-state index contributed by atoms with van der Waals surface area (Å²) in [6, 6.07) is 9.78. The Kier molecular flexibility index (Phi) is 3.10. The van der Waals surface area contributed by atoms with Crippen LogP contribution in [0.15, 0.2) is 41.0 Å². The highest BCUT2D eigenvalue weighted by molar-refractivity contribution is 9.10. The summed E-state index contributed by atoms with van der Waals surface area (Å²) in [5.74, 6) is 0.514. The molecule has 3 N–H and O–H groups in total. The molecule has 0 bridgehead atoms. The third-order valence-electron chi connectivity index (χ3n) is 2.25. The fraction of sp³-hybridized carbons (Fsp3) is 0.0833. The van der Waals surface area contributed by atoms with Gasteiger partial charge in [-0.05, 0) is 36.8 Å². The third kappa shape index (κ3) is 2.52. The number of rotatable bonds is 2. The number of aryl methyl sites for hydroxylation is 1. The largest absolute Gasteiger partial charge is 0.384 e. The molecule has 0 fully saturated rings. The van der Waals surface area contributed by atoms with Gasteiger partial charge in [-0.25, -0.2) is 4.98 Å². The van der Waals surface area contributed by atoms with Crippen molar-refractivity contribution in [2.45, 2.75) is 6.92 Å². The van der Waals surface area contributed by atoms with E-state index in [0.717, 1.165) is 15.8 Å². The molecule has 0 aliphatic heterocycles. The number of pyridine rings is 1. The number of nitrogen functional groups attached to an aromatic ring is 1. The van der Waals surface area contributed by atoms with Crippen molar-refractivity contribution in [3.63, 3.8) is 0 Å². The van der Waals surface area contributed by atoms with E-state index in [9.17, 15) is 0 Å². The first kappa shape index (κ1) is 11.0. The zero-order valence-electron chi connectivity index (χ0n) is 8.87. The summed E-state index contributed by atoms with van der Waals surface area (Å²) < 4.78 is 1.07. The first-order valence-corrected chi connectivity index (χ1v) is 5.69. The van der Waals surface area contributed by atoms with Crippen molar-refractivity contribution in [1.29, 1.82) is 0 Å². The number of aromatic nitrogens is 1. The van der Waals surface area contributed by atoms with Crippen LogP contribution < -0.4 is 11.1 Å². The Morgan fingerprint density at radius 1 is 1.25 bits per heavy atom. The van der Waals surface area contributed by atoms with Crippen LogP contribution in [0.1, 0.15) is 5.56 Å². The van der Waals surface area contributed by atoms with E-state index in [1.54, 1.807) is 6.20 Å². The summed E-state index contributed by atoms with van der Waals surface area (Å²) in [4.78, 5) is 3.95. The second-order valence-corrected chi connectivity index (χ2v) is 4.47. The van der Waals surface area contributed by atoms with E-state index in [1.165, 1.54) is 5.56 Å². The molecule has 2 aromatic rings. The maximum absolute atomic E-state index is 5.62. The minimum Gasteiger partial charge on any atom is -0.384 e. The Labute approximate surface area is 103 Å². The highest BCUT2D eigenvalue weighted by Crippen LogP contribution is 2.23. The molecule has 0 amide bonds. The van der Waals surface area contributed by atoms with Gasteiger partial charge in [0.05, 0.1) is 0 Å². The van der Waals surface area contributed by atoms with Crippen LogP contribution >= 0.6 is 15.9 Å².